The van der Waals surface area contributed by atoms with E-state index in [2.05, 4.69) is 5.43 Å². The third kappa shape index (κ3) is 3.27. The van der Waals surface area contributed by atoms with Crippen molar-refractivity contribution in [3.05, 3.63) is 35.1 Å². The van der Waals surface area contributed by atoms with E-state index in [1.807, 2.05) is 13.8 Å². The predicted octanol–water partition coefficient (Wildman–Crippen LogP) is 2.06. The minimum atomic E-state index is -0.225. The molecule has 3 N–H and O–H groups in total. The van der Waals surface area contributed by atoms with Crippen LogP contribution in [0, 0.1) is 12.7 Å². The van der Waals surface area contributed by atoms with Crippen LogP contribution in [0.5, 0.6) is 0 Å². The van der Waals surface area contributed by atoms with Crippen molar-refractivity contribution >= 4 is 0 Å². The van der Waals surface area contributed by atoms with Crippen LogP contribution in [0.4, 0.5) is 4.39 Å². The maximum Gasteiger partial charge on any atom is 0.123 e. The summed E-state index contributed by atoms with van der Waals surface area (Å²) in [5, 5.41) is 0. The van der Waals surface area contributed by atoms with Crippen molar-refractivity contribution < 1.29 is 9.13 Å². The zero-order chi connectivity index (χ0) is 12.1. The molecule has 0 bridgehead atoms. The van der Waals surface area contributed by atoms with Crippen LogP contribution < -0.4 is 11.3 Å². The molecule has 0 saturated carbocycles. The Bertz CT molecular complexity index is 344. The van der Waals surface area contributed by atoms with Crippen LogP contribution in [0.1, 0.15) is 30.5 Å². The van der Waals surface area contributed by atoms with Crippen LogP contribution in [0.15, 0.2) is 18.2 Å². The van der Waals surface area contributed by atoms with E-state index >= 15 is 0 Å². The molecule has 0 aromatic heterocycles. The molecule has 0 spiro atoms. The zero-order valence-corrected chi connectivity index (χ0v) is 9.96. The zero-order valence-electron chi connectivity index (χ0n) is 9.96. The van der Waals surface area contributed by atoms with Gasteiger partial charge in [0.1, 0.15) is 5.82 Å². The van der Waals surface area contributed by atoms with E-state index < -0.39 is 0 Å². The molecule has 2 unspecified atom stereocenters. The number of nitrogens with one attached hydrogen (secondary N) is 1. The van der Waals surface area contributed by atoms with Crippen molar-refractivity contribution in [3.8, 4) is 0 Å². The van der Waals surface area contributed by atoms with E-state index in [1.54, 1.807) is 13.2 Å². The standard InChI is InChI=1S/C12H19FN2O/c1-8-6-10(13)4-5-11(8)12(15-14)7-9(2)16-3/h4-6,9,12,15H,7,14H2,1-3H3. The third-order valence-electron chi connectivity index (χ3n) is 2.78. The molecular weight excluding hydrogens is 207 g/mol. The van der Waals surface area contributed by atoms with Crippen LogP contribution in [0.3, 0.4) is 0 Å². The Morgan fingerprint density at radius 2 is 2.19 bits per heavy atom. The third-order valence-corrected chi connectivity index (χ3v) is 2.78. The Balaban J connectivity index is 2.86. The van der Waals surface area contributed by atoms with Crippen LogP contribution in [0.2, 0.25) is 0 Å². The largest absolute Gasteiger partial charge is 0.382 e. The number of halogens is 1. The first-order chi connectivity index (χ1) is 7.58. The van der Waals surface area contributed by atoms with Crippen molar-refractivity contribution in [2.45, 2.75) is 32.4 Å². The average Bonchev–Trinajstić information content (AvgIpc) is 2.26. The van der Waals surface area contributed by atoms with Crippen molar-refractivity contribution in [3.63, 3.8) is 0 Å². The van der Waals surface area contributed by atoms with Gasteiger partial charge in [0.05, 0.1) is 6.10 Å². The normalized spacial score (nSPS) is 14.8. The van der Waals surface area contributed by atoms with Gasteiger partial charge in [0.2, 0.25) is 0 Å². The molecule has 0 aliphatic heterocycles. The molecule has 1 aromatic rings. The summed E-state index contributed by atoms with van der Waals surface area (Å²) in [6, 6.07) is 4.70. The highest BCUT2D eigenvalue weighted by molar-refractivity contribution is 5.29. The molecule has 4 heteroatoms. The Hall–Kier alpha value is -0.970. The van der Waals surface area contributed by atoms with E-state index in [4.69, 9.17) is 10.6 Å². The van der Waals surface area contributed by atoms with Crippen LogP contribution >= 0.6 is 0 Å². The Labute approximate surface area is 95.8 Å². The molecule has 1 rings (SSSR count). The van der Waals surface area contributed by atoms with E-state index in [0.29, 0.717) is 0 Å². The number of hydrogen-bond donors (Lipinski definition) is 2. The lowest BCUT2D eigenvalue weighted by Gasteiger charge is -2.21. The quantitative estimate of drug-likeness (QED) is 0.597. The fraction of sp³-hybridized carbons (Fsp3) is 0.500. The molecule has 0 radical (unpaired) electrons. The fourth-order valence-electron chi connectivity index (χ4n) is 1.74. The summed E-state index contributed by atoms with van der Waals surface area (Å²) in [6.07, 6.45) is 0.852. The number of benzene rings is 1. The number of rotatable bonds is 5. The lowest BCUT2D eigenvalue weighted by molar-refractivity contribution is 0.100. The van der Waals surface area contributed by atoms with Gasteiger partial charge in [-0.25, -0.2) is 4.39 Å². The molecule has 0 amide bonds. The number of hydrogen-bond acceptors (Lipinski definition) is 3. The predicted molar refractivity (Wildman–Crippen MR) is 62.3 cm³/mol. The van der Waals surface area contributed by atoms with Crippen molar-refractivity contribution in [2.24, 2.45) is 5.84 Å². The number of nitrogens with two attached hydrogens (primary N) is 1. The van der Waals surface area contributed by atoms with Crippen molar-refractivity contribution in [1.82, 2.24) is 5.43 Å². The number of methoxy groups -OCH3 is 1. The van der Waals surface area contributed by atoms with Crippen LogP contribution in [-0.2, 0) is 4.74 Å². The highest BCUT2D eigenvalue weighted by Crippen LogP contribution is 2.22. The van der Waals surface area contributed by atoms with Gasteiger partial charge in [0.15, 0.2) is 0 Å². The highest BCUT2D eigenvalue weighted by Gasteiger charge is 2.15. The summed E-state index contributed by atoms with van der Waals surface area (Å²) in [7, 11) is 1.66. The maximum atomic E-state index is 13.0. The summed E-state index contributed by atoms with van der Waals surface area (Å²) < 4.78 is 18.2. The van der Waals surface area contributed by atoms with Gasteiger partial charge in [-0.3, -0.25) is 11.3 Å². The molecule has 16 heavy (non-hydrogen) atoms. The second-order valence-electron chi connectivity index (χ2n) is 4.00. The lowest BCUT2D eigenvalue weighted by Crippen LogP contribution is -2.31. The van der Waals surface area contributed by atoms with Crippen LogP contribution in [-0.4, -0.2) is 13.2 Å². The number of aryl methyl sites for hydroxylation is 1. The fourth-order valence-corrected chi connectivity index (χ4v) is 1.74. The Morgan fingerprint density at radius 1 is 1.50 bits per heavy atom. The second kappa shape index (κ2) is 5.94. The molecule has 0 aliphatic rings. The molecule has 90 valence electrons. The Morgan fingerprint density at radius 3 is 2.69 bits per heavy atom. The van der Waals surface area contributed by atoms with Gasteiger partial charge in [-0.15, -0.1) is 0 Å². The smallest absolute Gasteiger partial charge is 0.123 e. The summed E-state index contributed by atoms with van der Waals surface area (Å²) in [4.78, 5) is 0. The van der Waals surface area contributed by atoms with Gasteiger partial charge >= 0.3 is 0 Å². The molecule has 3 nitrogen and oxygen atoms in total. The van der Waals surface area contributed by atoms with Crippen molar-refractivity contribution in [2.75, 3.05) is 7.11 Å². The highest BCUT2D eigenvalue weighted by atomic mass is 19.1. The Kier molecular flexibility index (Phi) is 4.86. The van der Waals surface area contributed by atoms with E-state index in [9.17, 15) is 4.39 Å². The van der Waals surface area contributed by atoms with E-state index in [-0.39, 0.29) is 18.0 Å². The van der Waals surface area contributed by atoms with Gasteiger partial charge < -0.3 is 4.74 Å². The average molecular weight is 226 g/mol. The number of ether oxygens (including phenoxy) is 1. The first kappa shape index (κ1) is 13.1. The molecule has 0 fully saturated rings. The van der Waals surface area contributed by atoms with Crippen molar-refractivity contribution in [1.29, 1.82) is 0 Å². The minimum absolute atomic E-state index is 0.0180. The first-order valence-electron chi connectivity index (χ1n) is 5.33. The van der Waals surface area contributed by atoms with Gasteiger partial charge in [-0.2, -0.15) is 0 Å². The lowest BCUT2D eigenvalue weighted by atomic mass is 9.97. The van der Waals surface area contributed by atoms with Gasteiger partial charge in [0, 0.05) is 13.2 Å². The molecule has 1 aromatic carbocycles. The summed E-state index contributed by atoms with van der Waals surface area (Å²) in [5.74, 6) is 5.29. The van der Waals surface area contributed by atoms with Crippen LogP contribution in [0.25, 0.3) is 0 Å². The van der Waals surface area contributed by atoms with E-state index in [1.165, 1.54) is 12.1 Å². The van der Waals surface area contributed by atoms with Gasteiger partial charge in [0.25, 0.3) is 0 Å². The topological polar surface area (TPSA) is 47.3 Å². The maximum absolute atomic E-state index is 13.0. The summed E-state index contributed by atoms with van der Waals surface area (Å²) in [5.41, 5.74) is 4.64. The SMILES string of the molecule is COC(C)CC(NN)c1ccc(F)cc1C. The molecule has 0 saturated heterocycles. The minimum Gasteiger partial charge on any atom is -0.382 e. The monoisotopic (exact) mass is 226 g/mol. The summed E-state index contributed by atoms with van der Waals surface area (Å²) in [6.45, 7) is 3.85. The van der Waals surface area contributed by atoms with E-state index in [0.717, 1.165) is 17.5 Å². The molecule has 2 atom stereocenters. The first-order valence-corrected chi connectivity index (χ1v) is 5.33. The molecular formula is C12H19FN2O. The second-order valence-corrected chi connectivity index (χ2v) is 4.00. The molecule has 0 aliphatic carbocycles. The van der Waals surface area contributed by atoms with Gasteiger partial charge in [-0.1, -0.05) is 6.07 Å². The summed E-state index contributed by atoms with van der Waals surface area (Å²) >= 11 is 0. The molecule has 0 heterocycles. The van der Waals surface area contributed by atoms with Gasteiger partial charge in [-0.05, 0) is 43.5 Å². The number of hydrazine groups is 1.